The normalized spacial score (nSPS) is 10.5. The van der Waals surface area contributed by atoms with Crippen LogP contribution in [0, 0.1) is 0 Å². The van der Waals surface area contributed by atoms with Gasteiger partial charge in [0.25, 0.3) is 0 Å². The molecule has 7 heteroatoms. The van der Waals surface area contributed by atoms with Crippen LogP contribution in [0.1, 0.15) is 5.56 Å². The van der Waals surface area contributed by atoms with Crippen molar-refractivity contribution in [2.45, 2.75) is 5.75 Å². The van der Waals surface area contributed by atoms with Gasteiger partial charge in [-0.1, -0.05) is 12.1 Å². The third-order valence-corrected chi connectivity index (χ3v) is 3.46. The number of ether oxygens (including phenoxy) is 1. The largest absolute Gasteiger partial charge is 1.00 e. The van der Waals surface area contributed by atoms with Gasteiger partial charge in [0.1, 0.15) is 14.9 Å². The molecule has 0 saturated heterocycles. The molecule has 0 aromatic heterocycles. The van der Waals surface area contributed by atoms with Crippen LogP contribution in [0.4, 0.5) is 0 Å². The monoisotopic (exact) mass is 256 g/mol. The Hall–Kier alpha value is 0.280. The first-order valence-corrected chi connectivity index (χ1v) is 6.65. The molecule has 0 amide bonds. The zero-order valence-corrected chi connectivity index (χ0v) is 12.1. The molecule has 1 aromatic rings. The summed E-state index contributed by atoms with van der Waals surface area (Å²) in [5.74, 6) is 0.787. The zero-order valence-electron chi connectivity index (χ0n) is 8.47. The van der Waals surface area contributed by atoms with E-state index in [9.17, 15) is 13.0 Å². The Bertz CT molecular complexity index is 405. The van der Waals surface area contributed by atoms with Gasteiger partial charge in [0.15, 0.2) is 0 Å². The van der Waals surface area contributed by atoms with Crippen LogP contribution in [-0.2, 0) is 14.9 Å². The summed E-state index contributed by atoms with van der Waals surface area (Å²) in [4.78, 5) is 0. The van der Waals surface area contributed by atoms with Gasteiger partial charge >= 0.3 is 29.6 Å². The molecule has 78 valence electrons. The molecule has 0 bridgehead atoms. The SMILES string of the molecule is COc1cccc(CSS(=O)(=O)[O-])c1.[Na+]. The second-order valence-electron chi connectivity index (χ2n) is 2.52. The topological polar surface area (TPSA) is 66.4 Å². The molecule has 0 atom stereocenters. The van der Waals surface area contributed by atoms with Crippen molar-refractivity contribution < 1.29 is 47.3 Å². The van der Waals surface area contributed by atoms with E-state index in [2.05, 4.69) is 0 Å². The van der Waals surface area contributed by atoms with Crippen LogP contribution in [-0.4, -0.2) is 20.1 Å². The van der Waals surface area contributed by atoms with Crippen molar-refractivity contribution in [2.75, 3.05) is 7.11 Å². The second kappa shape index (κ2) is 6.78. The molecule has 1 aromatic carbocycles. The van der Waals surface area contributed by atoms with Gasteiger partial charge in [0.2, 0.25) is 0 Å². The Morgan fingerprint density at radius 1 is 1.47 bits per heavy atom. The van der Waals surface area contributed by atoms with E-state index in [0.717, 1.165) is 5.56 Å². The standard InChI is InChI=1S/C8H10O4S2.Na/c1-12-8-4-2-3-7(5-8)6-13-14(9,10)11;/h2-5H,6H2,1H3,(H,9,10,11);/q;+1/p-1. The first-order valence-electron chi connectivity index (χ1n) is 3.74. The van der Waals surface area contributed by atoms with Crippen molar-refractivity contribution in [1.29, 1.82) is 0 Å². The number of methoxy groups -OCH3 is 1. The van der Waals surface area contributed by atoms with Gasteiger partial charge in [-0.3, -0.25) is 0 Å². The van der Waals surface area contributed by atoms with Gasteiger partial charge in [-0.2, -0.15) is 0 Å². The van der Waals surface area contributed by atoms with E-state index >= 15 is 0 Å². The maximum atomic E-state index is 10.3. The molecule has 0 aliphatic heterocycles. The van der Waals surface area contributed by atoms with Crippen molar-refractivity contribution in [3.8, 4) is 5.75 Å². The molecule has 0 unspecified atom stereocenters. The number of benzene rings is 1. The van der Waals surface area contributed by atoms with Crippen LogP contribution >= 0.6 is 10.8 Å². The van der Waals surface area contributed by atoms with E-state index < -0.39 is 9.15 Å². The molecule has 0 aliphatic rings. The molecule has 0 aliphatic carbocycles. The van der Waals surface area contributed by atoms with Gasteiger partial charge in [-0.15, -0.1) is 0 Å². The fourth-order valence-electron chi connectivity index (χ4n) is 0.902. The Morgan fingerprint density at radius 2 is 2.13 bits per heavy atom. The fraction of sp³-hybridized carbons (Fsp3) is 0.250. The molecule has 0 N–H and O–H groups in total. The summed E-state index contributed by atoms with van der Waals surface area (Å²) in [6, 6.07) is 6.92. The summed E-state index contributed by atoms with van der Waals surface area (Å²) in [5, 5.41) is 0. The molecule has 0 heterocycles. The van der Waals surface area contributed by atoms with Gasteiger partial charge in [0, 0.05) is 5.75 Å². The molecule has 0 radical (unpaired) electrons. The quantitative estimate of drug-likeness (QED) is 0.368. The third kappa shape index (κ3) is 6.44. The maximum absolute atomic E-state index is 10.3. The summed E-state index contributed by atoms with van der Waals surface area (Å²) in [5.41, 5.74) is 0.744. The molecular formula is C8H9NaO4S2. The van der Waals surface area contributed by atoms with E-state index in [1.165, 1.54) is 7.11 Å². The van der Waals surface area contributed by atoms with Gasteiger partial charge in [-0.25, -0.2) is 8.42 Å². The summed E-state index contributed by atoms with van der Waals surface area (Å²) in [6.07, 6.45) is 0. The number of rotatable bonds is 4. The fourth-order valence-corrected chi connectivity index (χ4v) is 2.20. The predicted molar refractivity (Wildman–Crippen MR) is 54.0 cm³/mol. The Kier molecular flexibility index (Phi) is 6.90. The number of hydrogen-bond acceptors (Lipinski definition) is 5. The smallest absolute Gasteiger partial charge is 0.739 e. The van der Waals surface area contributed by atoms with Gasteiger partial charge < -0.3 is 9.29 Å². The number of hydrogen-bond donors (Lipinski definition) is 0. The third-order valence-electron chi connectivity index (χ3n) is 1.50. The average Bonchev–Trinajstić information content (AvgIpc) is 2.14. The first-order chi connectivity index (χ1) is 6.51. The summed E-state index contributed by atoms with van der Waals surface area (Å²) in [6.45, 7) is 0. The van der Waals surface area contributed by atoms with Gasteiger partial charge in [0.05, 0.1) is 7.11 Å². The minimum atomic E-state index is -4.22. The average molecular weight is 256 g/mol. The van der Waals surface area contributed by atoms with Crippen LogP contribution < -0.4 is 34.3 Å². The van der Waals surface area contributed by atoms with Crippen molar-refractivity contribution in [3.05, 3.63) is 29.8 Å². The molecule has 4 nitrogen and oxygen atoms in total. The van der Waals surface area contributed by atoms with Crippen LogP contribution in [0.5, 0.6) is 5.75 Å². The van der Waals surface area contributed by atoms with E-state index in [-0.39, 0.29) is 35.3 Å². The van der Waals surface area contributed by atoms with E-state index in [1.54, 1.807) is 24.3 Å². The van der Waals surface area contributed by atoms with Crippen LogP contribution in [0.15, 0.2) is 24.3 Å². The Balaban J connectivity index is 0.00000196. The molecule has 15 heavy (non-hydrogen) atoms. The second-order valence-corrected chi connectivity index (χ2v) is 5.79. The summed E-state index contributed by atoms with van der Waals surface area (Å²) in [7, 11) is -2.32. The van der Waals surface area contributed by atoms with Crippen molar-refractivity contribution in [2.24, 2.45) is 0 Å². The Morgan fingerprint density at radius 3 is 2.67 bits per heavy atom. The molecular weight excluding hydrogens is 247 g/mol. The summed E-state index contributed by atoms with van der Waals surface area (Å²) < 4.78 is 36.0. The molecule has 1 rings (SSSR count). The summed E-state index contributed by atoms with van der Waals surface area (Å²) >= 11 is 0. The first kappa shape index (κ1) is 15.3. The minimum absolute atomic E-state index is 0. The van der Waals surface area contributed by atoms with Crippen LogP contribution in [0.3, 0.4) is 0 Å². The minimum Gasteiger partial charge on any atom is -0.739 e. The zero-order chi connectivity index (χ0) is 10.6. The van der Waals surface area contributed by atoms with E-state index in [0.29, 0.717) is 16.5 Å². The van der Waals surface area contributed by atoms with Gasteiger partial charge in [-0.05, 0) is 28.5 Å². The Labute approximate surface area is 115 Å². The molecule has 0 fully saturated rings. The molecule has 0 saturated carbocycles. The van der Waals surface area contributed by atoms with Crippen molar-refractivity contribution in [1.82, 2.24) is 0 Å². The van der Waals surface area contributed by atoms with E-state index in [4.69, 9.17) is 4.74 Å². The van der Waals surface area contributed by atoms with Crippen LogP contribution in [0.2, 0.25) is 0 Å². The van der Waals surface area contributed by atoms with Crippen molar-refractivity contribution >= 4 is 19.9 Å². The van der Waals surface area contributed by atoms with Crippen LogP contribution in [0.25, 0.3) is 0 Å². The maximum Gasteiger partial charge on any atom is 1.00 e. The van der Waals surface area contributed by atoms with E-state index in [1.807, 2.05) is 0 Å². The molecule has 0 spiro atoms. The van der Waals surface area contributed by atoms with Crippen molar-refractivity contribution in [3.63, 3.8) is 0 Å². The predicted octanol–water partition coefficient (Wildman–Crippen LogP) is -1.61.